The van der Waals surface area contributed by atoms with E-state index in [2.05, 4.69) is 0 Å². The van der Waals surface area contributed by atoms with Crippen LogP contribution in [-0.2, 0) is 29.9 Å². The Morgan fingerprint density at radius 2 is 1.17 bits per heavy atom. The fourth-order valence-corrected chi connectivity index (χ4v) is 0.464. The second-order valence-electron chi connectivity index (χ2n) is 2.03. The van der Waals surface area contributed by atoms with Crippen molar-refractivity contribution in [3.63, 3.8) is 0 Å². The average Bonchev–Trinajstić information content (AvgIpc) is 2.08. The Balaban J connectivity index is -0.0000000869. The predicted molar refractivity (Wildman–Crippen MR) is 54.0 cm³/mol. The summed E-state index contributed by atoms with van der Waals surface area (Å²) in [5, 5.41) is 17.3. The molecule has 0 fully saturated rings. The van der Waals surface area contributed by atoms with Gasteiger partial charge in [0.2, 0.25) is 0 Å². The summed E-state index contributed by atoms with van der Waals surface area (Å²) >= 11 is 0. The van der Waals surface area contributed by atoms with Gasteiger partial charge in [-0.05, 0) is 12.1 Å². The molecule has 0 unspecified atom stereocenters. The van der Waals surface area contributed by atoms with Crippen molar-refractivity contribution in [2.45, 2.75) is 0 Å². The van der Waals surface area contributed by atoms with Crippen molar-refractivity contribution in [1.29, 1.82) is 0 Å². The Hall–Kier alpha value is -0.377. The van der Waals surface area contributed by atoms with Crippen LogP contribution in [0.3, 0.4) is 0 Å². The molecule has 1 aromatic carbocycles. The van der Waals surface area contributed by atoms with E-state index < -0.39 is 10.4 Å². The van der Waals surface area contributed by atoms with Crippen LogP contribution in [0.5, 0.6) is 11.5 Å². The molecule has 0 aliphatic rings. The first kappa shape index (κ1) is 26.2. The zero-order valence-electron chi connectivity index (χ0n) is 9.37. The van der Waals surface area contributed by atoms with Gasteiger partial charge in [0.15, 0.2) is 11.5 Å². The minimum absolute atomic E-state index is 0. The fourth-order valence-electron chi connectivity index (χ4n) is 0.464. The molecule has 0 aromatic heterocycles. The van der Waals surface area contributed by atoms with E-state index in [0.29, 0.717) is 0 Å². The van der Waals surface area contributed by atoms with Crippen LogP contribution in [0.2, 0.25) is 0 Å². The molecule has 12 heteroatoms. The molecule has 4 N–H and O–H groups in total. The zero-order chi connectivity index (χ0) is 13.2. The standard InChI is InChI=1S/C6H6O2.N3.Na.H2O4S.Zn/c7-5-3-1-2-4-6(5)8;1-3-2;;1-5(2,3)4;/h1-4,7-8H;;;(H2,1,2,3,4);/q;-1;+1;;+2. The summed E-state index contributed by atoms with van der Waals surface area (Å²) in [5.41, 5.74) is 13.5. The fraction of sp³-hybridized carbons (Fsp3) is 0. The second-order valence-corrected chi connectivity index (χ2v) is 2.92. The Bertz CT molecular complexity index is 421. The molecule has 0 radical (unpaired) electrons. The van der Waals surface area contributed by atoms with Gasteiger partial charge in [-0.15, -0.1) is 0 Å². The smallest absolute Gasteiger partial charge is 0.504 e. The number of hydrogen-bond donors (Lipinski definition) is 4. The van der Waals surface area contributed by atoms with Crippen molar-refractivity contribution in [3.8, 4) is 11.5 Å². The Labute approximate surface area is 138 Å². The largest absolute Gasteiger partial charge is 2.00 e. The van der Waals surface area contributed by atoms with Gasteiger partial charge >= 0.3 is 59.4 Å². The van der Waals surface area contributed by atoms with E-state index in [0.717, 1.165) is 0 Å². The molecule has 0 spiro atoms. The van der Waals surface area contributed by atoms with E-state index in [1.807, 2.05) is 0 Å². The van der Waals surface area contributed by atoms with Crippen LogP contribution in [0.1, 0.15) is 0 Å². The van der Waals surface area contributed by atoms with E-state index >= 15 is 0 Å². The predicted octanol–water partition coefficient (Wildman–Crippen LogP) is -1.69. The molecular weight excluding hydrogens is 331 g/mol. The van der Waals surface area contributed by atoms with Gasteiger partial charge in [-0.1, -0.05) is 12.1 Å². The molecule has 1 aromatic rings. The third-order valence-electron chi connectivity index (χ3n) is 0.882. The maximum atomic E-state index is 8.74. The van der Waals surface area contributed by atoms with E-state index in [1.165, 1.54) is 17.0 Å². The van der Waals surface area contributed by atoms with E-state index in [-0.39, 0.29) is 60.5 Å². The van der Waals surface area contributed by atoms with Gasteiger partial charge in [0.05, 0.1) is 0 Å². The van der Waals surface area contributed by atoms with E-state index in [4.69, 9.17) is 38.8 Å². The van der Waals surface area contributed by atoms with Crippen molar-refractivity contribution in [1.82, 2.24) is 0 Å². The number of nitrogens with zero attached hydrogens (tertiary/aromatic N) is 3. The summed E-state index contributed by atoms with van der Waals surface area (Å²) in [4.78, 5) is 1.50. The number of para-hydroxylation sites is 2. The van der Waals surface area contributed by atoms with Crippen molar-refractivity contribution >= 4 is 10.4 Å². The molecule has 1 rings (SSSR count). The summed E-state index contributed by atoms with van der Waals surface area (Å²) in [5.74, 6) is -0.153. The first-order chi connectivity index (χ1) is 7.22. The van der Waals surface area contributed by atoms with Crippen molar-refractivity contribution < 1.29 is 76.8 Å². The Kier molecular flexibility index (Phi) is 21.4. The van der Waals surface area contributed by atoms with E-state index in [1.54, 1.807) is 12.1 Å². The molecule has 0 aliphatic carbocycles. The summed E-state index contributed by atoms with van der Waals surface area (Å²) in [6.45, 7) is 0. The summed E-state index contributed by atoms with van der Waals surface area (Å²) in [7, 11) is -4.67. The minimum Gasteiger partial charge on any atom is -0.504 e. The molecule has 0 bridgehead atoms. The average molecular weight is 339 g/mol. The van der Waals surface area contributed by atoms with E-state index in [9.17, 15) is 0 Å². The number of aromatic hydroxyl groups is 2. The van der Waals surface area contributed by atoms with Crippen LogP contribution in [-0.4, -0.2) is 27.7 Å². The number of hydrogen-bond acceptors (Lipinski definition) is 4. The number of rotatable bonds is 0. The zero-order valence-corrected chi connectivity index (χ0v) is 15.2. The third-order valence-corrected chi connectivity index (χ3v) is 0.882. The van der Waals surface area contributed by atoms with Crippen LogP contribution in [0.4, 0.5) is 0 Å². The molecular formula is C6H8N3NaO6SZn+2. The maximum absolute atomic E-state index is 8.74. The van der Waals surface area contributed by atoms with Crippen LogP contribution in [0, 0.1) is 0 Å². The van der Waals surface area contributed by atoms with Gasteiger partial charge < -0.3 is 21.3 Å². The third kappa shape index (κ3) is 29.6. The Morgan fingerprint density at radius 1 is 1.00 bits per heavy atom. The van der Waals surface area contributed by atoms with Crippen LogP contribution in [0.15, 0.2) is 24.3 Å². The van der Waals surface area contributed by atoms with Crippen LogP contribution < -0.4 is 29.6 Å². The van der Waals surface area contributed by atoms with Gasteiger partial charge in [-0.2, -0.15) is 8.42 Å². The topological polar surface area (TPSA) is 174 Å². The first-order valence-corrected chi connectivity index (χ1v) is 4.77. The van der Waals surface area contributed by atoms with Crippen molar-refractivity contribution in [2.75, 3.05) is 0 Å². The quantitative estimate of drug-likeness (QED) is 0.110. The van der Waals surface area contributed by atoms with Gasteiger partial charge in [0.1, 0.15) is 0 Å². The van der Waals surface area contributed by atoms with Gasteiger partial charge in [0, 0.05) is 0 Å². The Morgan fingerprint density at radius 3 is 1.28 bits per heavy atom. The molecule has 18 heavy (non-hydrogen) atoms. The normalized spacial score (nSPS) is 7.67. The van der Waals surface area contributed by atoms with Gasteiger partial charge in [0.25, 0.3) is 0 Å². The van der Waals surface area contributed by atoms with Crippen molar-refractivity contribution in [2.24, 2.45) is 0 Å². The second kappa shape index (κ2) is 14.7. The molecule has 0 heterocycles. The molecule has 0 amide bonds. The van der Waals surface area contributed by atoms with Crippen LogP contribution >= 0.6 is 0 Å². The van der Waals surface area contributed by atoms with Gasteiger partial charge in [-0.3, -0.25) is 14.0 Å². The minimum atomic E-state index is -4.67. The summed E-state index contributed by atoms with van der Waals surface area (Å²) in [6.07, 6.45) is 0. The molecule has 0 saturated carbocycles. The van der Waals surface area contributed by atoms with Crippen LogP contribution in [0.25, 0.3) is 16.0 Å². The van der Waals surface area contributed by atoms with Gasteiger partial charge in [-0.25, -0.2) is 0 Å². The summed E-state index contributed by atoms with van der Waals surface area (Å²) < 4.78 is 31.6. The number of phenolic OH excluding ortho intramolecular Hbond substituents is 2. The summed E-state index contributed by atoms with van der Waals surface area (Å²) in [6, 6.07) is 6.15. The number of benzene rings is 1. The molecule has 0 aliphatic heterocycles. The first-order valence-electron chi connectivity index (χ1n) is 3.37. The maximum Gasteiger partial charge on any atom is 2.00 e. The van der Waals surface area contributed by atoms with Crippen molar-refractivity contribution in [3.05, 3.63) is 40.2 Å². The molecule has 9 nitrogen and oxygen atoms in total. The monoisotopic (exact) mass is 337 g/mol. The SMILES string of the molecule is O=S(=O)(O)O.Oc1ccccc1O.[N-]=[N+]=[N-].[Na+].[Zn+2]. The number of phenols is 2. The molecule has 0 saturated heterocycles. The molecule has 90 valence electrons. The molecule has 0 atom stereocenters.